The Bertz CT molecular complexity index is 549. The van der Waals surface area contributed by atoms with Gasteiger partial charge in [-0.3, -0.25) is 14.9 Å². The van der Waals surface area contributed by atoms with Crippen LogP contribution in [0.4, 0.5) is 20.2 Å². The number of nitro benzene ring substituents is 1. The summed E-state index contributed by atoms with van der Waals surface area (Å²) in [4.78, 5) is 23.2. The van der Waals surface area contributed by atoms with Crippen LogP contribution in [0.15, 0.2) is 18.2 Å². The first kappa shape index (κ1) is 16.8. The fraction of sp³-hybridized carbons (Fsp3) is 0.417. The lowest BCUT2D eigenvalue weighted by molar-refractivity contribution is -0.384. The van der Waals surface area contributed by atoms with Gasteiger partial charge in [0.1, 0.15) is 5.69 Å². The standard InChI is InChI=1S/C12H16F2N4O3/c1-17(2)11(19)8-3-4-10(18(20)21)9(5-8)16-7-12(13,14)6-15/h3-5,16H,6-7,15H2,1-2H3. The third-order valence-corrected chi connectivity index (χ3v) is 2.68. The molecule has 0 aromatic heterocycles. The minimum Gasteiger partial charge on any atom is -0.373 e. The molecule has 0 radical (unpaired) electrons. The molecule has 0 heterocycles. The molecule has 9 heteroatoms. The fourth-order valence-electron chi connectivity index (χ4n) is 1.52. The van der Waals surface area contributed by atoms with Crippen LogP contribution < -0.4 is 11.1 Å². The molecule has 0 aliphatic carbocycles. The van der Waals surface area contributed by atoms with Gasteiger partial charge < -0.3 is 16.0 Å². The Morgan fingerprint density at radius 3 is 2.57 bits per heavy atom. The second-order valence-electron chi connectivity index (χ2n) is 4.60. The zero-order valence-corrected chi connectivity index (χ0v) is 11.6. The Morgan fingerprint density at radius 1 is 1.48 bits per heavy atom. The van der Waals surface area contributed by atoms with Gasteiger partial charge in [0.25, 0.3) is 17.5 Å². The van der Waals surface area contributed by atoms with Gasteiger partial charge >= 0.3 is 0 Å². The first-order chi connectivity index (χ1) is 9.68. The van der Waals surface area contributed by atoms with Crippen LogP contribution >= 0.6 is 0 Å². The van der Waals surface area contributed by atoms with Crippen molar-refractivity contribution in [2.45, 2.75) is 5.92 Å². The van der Waals surface area contributed by atoms with Gasteiger partial charge in [-0.2, -0.15) is 0 Å². The van der Waals surface area contributed by atoms with E-state index in [1.807, 2.05) is 0 Å². The number of carbonyl (C=O) groups excluding carboxylic acids is 1. The summed E-state index contributed by atoms with van der Waals surface area (Å²) in [6.45, 7) is -1.74. The molecule has 0 spiro atoms. The lowest BCUT2D eigenvalue weighted by Crippen LogP contribution is -2.35. The van der Waals surface area contributed by atoms with Crippen molar-refractivity contribution in [1.29, 1.82) is 0 Å². The summed E-state index contributed by atoms with van der Waals surface area (Å²) >= 11 is 0. The highest BCUT2D eigenvalue weighted by atomic mass is 19.3. The molecule has 7 nitrogen and oxygen atoms in total. The molecule has 1 amide bonds. The average Bonchev–Trinajstić information content (AvgIpc) is 2.43. The van der Waals surface area contributed by atoms with Crippen LogP contribution in [-0.2, 0) is 0 Å². The van der Waals surface area contributed by atoms with Crippen LogP contribution in [0.2, 0.25) is 0 Å². The monoisotopic (exact) mass is 302 g/mol. The minimum absolute atomic E-state index is 0.152. The van der Waals surface area contributed by atoms with Crippen LogP contribution in [0.1, 0.15) is 10.4 Å². The second-order valence-corrected chi connectivity index (χ2v) is 4.60. The van der Waals surface area contributed by atoms with Crippen LogP contribution in [0.3, 0.4) is 0 Å². The molecule has 1 aromatic rings. The van der Waals surface area contributed by atoms with Crippen LogP contribution in [0, 0.1) is 10.1 Å². The van der Waals surface area contributed by atoms with Crippen molar-refractivity contribution in [3.63, 3.8) is 0 Å². The highest BCUT2D eigenvalue weighted by molar-refractivity contribution is 5.95. The number of halogens is 2. The van der Waals surface area contributed by atoms with Gasteiger partial charge in [-0.05, 0) is 12.1 Å². The fourth-order valence-corrected chi connectivity index (χ4v) is 1.52. The van der Waals surface area contributed by atoms with E-state index < -0.39 is 35.5 Å². The zero-order valence-electron chi connectivity index (χ0n) is 11.6. The maximum atomic E-state index is 13.1. The molecular formula is C12H16F2N4O3. The predicted octanol–water partition coefficient (Wildman–Crippen LogP) is 1.30. The van der Waals surface area contributed by atoms with Gasteiger partial charge in [-0.1, -0.05) is 0 Å². The molecule has 0 atom stereocenters. The zero-order chi connectivity index (χ0) is 16.2. The van der Waals surface area contributed by atoms with E-state index in [4.69, 9.17) is 5.73 Å². The molecule has 0 saturated heterocycles. The van der Waals surface area contributed by atoms with Crippen molar-refractivity contribution in [3.05, 3.63) is 33.9 Å². The number of hydrogen-bond acceptors (Lipinski definition) is 5. The maximum Gasteiger partial charge on any atom is 0.292 e. The average molecular weight is 302 g/mol. The molecule has 116 valence electrons. The van der Waals surface area contributed by atoms with E-state index in [9.17, 15) is 23.7 Å². The molecule has 0 saturated carbocycles. The Labute approximate surface area is 119 Å². The van der Waals surface area contributed by atoms with Crippen LogP contribution in [-0.4, -0.2) is 48.8 Å². The third kappa shape index (κ3) is 4.35. The number of alkyl halides is 2. The van der Waals surface area contributed by atoms with E-state index >= 15 is 0 Å². The summed E-state index contributed by atoms with van der Waals surface area (Å²) in [5, 5.41) is 13.2. The van der Waals surface area contributed by atoms with Gasteiger partial charge in [-0.25, -0.2) is 8.78 Å². The van der Waals surface area contributed by atoms with Crippen molar-refractivity contribution >= 4 is 17.3 Å². The number of anilines is 1. The van der Waals surface area contributed by atoms with Gasteiger partial charge in [0.2, 0.25) is 0 Å². The maximum absolute atomic E-state index is 13.1. The Balaban J connectivity index is 3.10. The number of nitrogens with zero attached hydrogens (tertiary/aromatic N) is 2. The number of hydrogen-bond donors (Lipinski definition) is 2. The summed E-state index contributed by atoms with van der Waals surface area (Å²) in [5.41, 5.74) is 4.52. The minimum atomic E-state index is -3.20. The molecule has 1 aromatic carbocycles. The number of amides is 1. The van der Waals surface area contributed by atoms with E-state index in [1.165, 1.54) is 31.1 Å². The van der Waals surface area contributed by atoms with E-state index in [-0.39, 0.29) is 11.3 Å². The Hall–Kier alpha value is -2.29. The second kappa shape index (κ2) is 6.44. The van der Waals surface area contributed by atoms with Gasteiger partial charge in [0.05, 0.1) is 18.0 Å². The topological polar surface area (TPSA) is 102 Å². The van der Waals surface area contributed by atoms with E-state index in [0.717, 1.165) is 6.07 Å². The summed E-state index contributed by atoms with van der Waals surface area (Å²) in [7, 11) is 3.03. The molecule has 0 bridgehead atoms. The molecule has 1 rings (SSSR count). The molecule has 0 aliphatic rings. The third-order valence-electron chi connectivity index (χ3n) is 2.68. The van der Waals surface area contributed by atoms with Crippen LogP contribution in [0.25, 0.3) is 0 Å². The number of benzene rings is 1. The molecule has 0 unspecified atom stereocenters. The Kier molecular flexibility index (Phi) is 5.14. The van der Waals surface area contributed by atoms with Crippen molar-refractivity contribution < 1.29 is 18.5 Å². The smallest absolute Gasteiger partial charge is 0.292 e. The number of nitro groups is 1. The Morgan fingerprint density at radius 2 is 2.10 bits per heavy atom. The van der Waals surface area contributed by atoms with Crippen LogP contribution in [0.5, 0.6) is 0 Å². The molecule has 0 aliphatic heterocycles. The molecule has 0 fully saturated rings. The highest BCUT2D eigenvalue weighted by Gasteiger charge is 2.28. The first-order valence-electron chi connectivity index (χ1n) is 6.00. The lowest BCUT2D eigenvalue weighted by atomic mass is 10.1. The van der Waals surface area contributed by atoms with Gasteiger partial charge in [-0.15, -0.1) is 0 Å². The number of rotatable bonds is 6. The van der Waals surface area contributed by atoms with E-state index in [0.29, 0.717) is 0 Å². The van der Waals surface area contributed by atoms with Crippen molar-refractivity contribution in [2.24, 2.45) is 5.73 Å². The van der Waals surface area contributed by atoms with Crippen molar-refractivity contribution in [3.8, 4) is 0 Å². The molecular weight excluding hydrogens is 286 g/mol. The van der Waals surface area contributed by atoms with E-state index in [1.54, 1.807) is 0 Å². The largest absolute Gasteiger partial charge is 0.373 e. The number of nitrogens with two attached hydrogens (primary N) is 1. The molecule has 3 N–H and O–H groups in total. The SMILES string of the molecule is CN(C)C(=O)c1ccc([N+](=O)[O-])c(NCC(F)(F)CN)c1. The normalized spacial score (nSPS) is 11.1. The summed E-state index contributed by atoms with van der Waals surface area (Å²) < 4.78 is 26.3. The first-order valence-corrected chi connectivity index (χ1v) is 6.00. The van der Waals surface area contributed by atoms with Gasteiger partial charge in [0, 0.05) is 25.7 Å². The summed E-state index contributed by atoms with van der Waals surface area (Å²) in [6, 6.07) is 3.54. The number of nitrogens with one attached hydrogen (secondary N) is 1. The van der Waals surface area contributed by atoms with Crippen molar-refractivity contribution in [1.82, 2.24) is 4.90 Å². The predicted molar refractivity (Wildman–Crippen MR) is 73.6 cm³/mol. The summed E-state index contributed by atoms with van der Waals surface area (Å²) in [5.74, 6) is -3.59. The van der Waals surface area contributed by atoms with E-state index in [2.05, 4.69) is 5.32 Å². The highest BCUT2D eigenvalue weighted by Crippen LogP contribution is 2.27. The molecule has 21 heavy (non-hydrogen) atoms. The number of carbonyl (C=O) groups is 1. The summed E-state index contributed by atoms with van der Waals surface area (Å²) in [6.07, 6.45) is 0. The van der Waals surface area contributed by atoms with Crippen molar-refractivity contribution in [2.75, 3.05) is 32.5 Å². The lowest BCUT2D eigenvalue weighted by Gasteiger charge is -2.16. The van der Waals surface area contributed by atoms with Gasteiger partial charge in [0.15, 0.2) is 0 Å². The quantitative estimate of drug-likeness (QED) is 0.609.